The summed E-state index contributed by atoms with van der Waals surface area (Å²) in [5.74, 6) is -1.15. The van der Waals surface area contributed by atoms with Gasteiger partial charge in [-0.1, -0.05) is 12.1 Å². The van der Waals surface area contributed by atoms with Crippen molar-refractivity contribution in [2.24, 2.45) is 5.92 Å². The van der Waals surface area contributed by atoms with E-state index >= 15 is 0 Å². The van der Waals surface area contributed by atoms with Gasteiger partial charge in [0.2, 0.25) is 0 Å². The number of halogens is 4. The Morgan fingerprint density at radius 3 is 2.68 bits per heavy atom. The van der Waals surface area contributed by atoms with Crippen LogP contribution >= 0.6 is 0 Å². The maximum absolute atomic E-state index is 14.4. The SMILES string of the molecule is O=C(NCc1ccc(OC(F)F)cc1)c1nn(-c2ccc(F)cc2F)c2c1C[C@H]1C[C@@H]21. The molecule has 2 aliphatic rings. The molecule has 0 spiro atoms. The van der Waals surface area contributed by atoms with E-state index in [0.717, 1.165) is 29.8 Å². The first-order valence-corrected chi connectivity index (χ1v) is 9.80. The van der Waals surface area contributed by atoms with E-state index in [1.165, 1.54) is 22.9 Å². The van der Waals surface area contributed by atoms with E-state index in [2.05, 4.69) is 15.2 Å². The molecule has 0 aliphatic heterocycles. The number of hydrogen-bond donors (Lipinski definition) is 1. The summed E-state index contributed by atoms with van der Waals surface area (Å²) in [6, 6.07) is 9.21. The lowest BCUT2D eigenvalue weighted by Crippen LogP contribution is -2.24. The maximum Gasteiger partial charge on any atom is 0.387 e. The molecule has 1 N–H and O–H groups in total. The van der Waals surface area contributed by atoms with Gasteiger partial charge in [0.1, 0.15) is 17.3 Å². The molecule has 0 saturated heterocycles. The molecule has 1 aromatic heterocycles. The highest BCUT2D eigenvalue weighted by atomic mass is 19.3. The summed E-state index contributed by atoms with van der Waals surface area (Å²) in [6.45, 7) is -2.74. The Balaban J connectivity index is 1.37. The number of rotatable bonds is 6. The Morgan fingerprint density at radius 2 is 1.97 bits per heavy atom. The molecule has 1 amide bonds. The molecule has 3 aromatic rings. The van der Waals surface area contributed by atoms with Gasteiger partial charge in [0.25, 0.3) is 5.91 Å². The molecule has 160 valence electrons. The van der Waals surface area contributed by atoms with E-state index in [4.69, 9.17) is 0 Å². The van der Waals surface area contributed by atoms with Crippen LogP contribution in [0.2, 0.25) is 0 Å². The van der Waals surface area contributed by atoms with Gasteiger partial charge >= 0.3 is 6.61 Å². The fourth-order valence-electron chi connectivity index (χ4n) is 4.19. The van der Waals surface area contributed by atoms with Gasteiger partial charge in [0.05, 0.1) is 5.69 Å². The average molecular weight is 431 g/mol. The highest BCUT2D eigenvalue weighted by Crippen LogP contribution is 2.57. The molecule has 2 aromatic carbocycles. The molecule has 1 fully saturated rings. The number of amides is 1. The fraction of sp³-hybridized carbons (Fsp3) is 0.273. The minimum atomic E-state index is -2.90. The molecule has 1 saturated carbocycles. The summed E-state index contributed by atoms with van der Waals surface area (Å²) in [6.07, 6.45) is 1.67. The van der Waals surface area contributed by atoms with E-state index in [-0.39, 0.29) is 29.6 Å². The molecule has 9 heteroatoms. The van der Waals surface area contributed by atoms with Crippen LogP contribution in [0.5, 0.6) is 5.75 Å². The van der Waals surface area contributed by atoms with E-state index in [1.807, 2.05) is 0 Å². The number of carbonyl (C=O) groups excluding carboxylic acids is 1. The molecule has 5 rings (SSSR count). The van der Waals surface area contributed by atoms with Crippen LogP contribution in [0, 0.1) is 17.6 Å². The lowest BCUT2D eigenvalue weighted by atomic mass is 10.1. The molecule has 5 nitrogen and oxygen atoms in total. The van der Waals surface area contributed by atoms with Crippen molar-refractivity contribution in [2.45, 2.75) is 31.9 Å². The normalized spacial score (nSPS) is 18.6. The average Bonchev–Trinajstić information content (AvgIpc) is 3.23. The Morgan fingerprint density at radius 1 is 1.19 bits per heavy atom. The van der Waals surface area contributed by atoms with E-state index in [9.17, 15) is 22.4 Å². The summed E-state index contributed by atoms with van der Waals surface area (Å²) in [4.78, 5) is 12.8. The number of ether oxygens (including phenoxy) is 1. The number of nitrogens with zero attached hydrogens (tertiary/aromatic N) is 2. The van der Waals surface area contributed by atoms with Gasteiger partial charge in [0.15, 0.2) is 11.5 Å². The first-order chi connectivity index (χ1) is 14.9. The van der Waals surface area contributed by atoms with Crippen LogP contribution in [0.25, 0.3) is 5.69 Å². The minimum Gasteiger partial charge on any atom is -0.435 e. The third kappa shape index (κ3) is 3.64. The zero-order chi connectivity index (χ0) is 21.7. The molecule has 2 aliphatic carbocycles. The highest BCUT2D eigenvalue weighted by molar-refractivity contribution is 5.94. The predicted octanol–water partition coefficient (Wildman–Crippen LogP) is 4.34. The van der Waals surface area contributed by atoms with E-state index < -0.39 is 24.2 Å². The fourth-order valence-corrected chi connectivity index (χ4v) is 4.19. The Bertz CT molecular complexity index is 1160. The largest absolute Gasteiger partial charge is 0.435 e. The molecule has 2 atom stereocenters. The summed E-state index contributed by atoms with van der Waals surface area (Å²) in [7, 11) is 0. The first-order valence-electron chi connectivity index (χ1n) is 9.80. The van der Waals surface area contributed by atoms with Gasteiger partial charge in [-0.25, -0.2) is 13.5 Å². The number of carbonyl (C=O) groups is 1. The van der Waals surface area contributed by atoms with Gasteiger partial charge in [-0.2, -0.15) is 13.9 Å². The van der Waals surface area contributed by atoms with Crippen molar-refractivity contribution < 1.29 is 27.1 Å². The molecule has 0 unspecified atom stereocenters. The number of aromatic nitrogens is 2. The maximum atomic E-state index is 14.4. The Kier molecular flexibility index (Phi) is 4.68. The van der Waals surface area contributed by atoms with Crippen molar-refractivity contribution in [1.29, 1.82) is 0 Å². The number of alkyl halides is 2. The molecular weight excluding hydrogens is 414 g/mol. The quantitative estimate of drug-likeness (QED) is 0.591. The van der Waals surface area contributed by atoms with Crippen LogP contribution in [-0.4, -0.2) is 22.3 Å². The van der Waals surface area contributed by atoms with E-state index in [0.29, 0.717) is 17.9 Å². The Labute approximate surface area is 174 Å². The van der Waals surface area contributed by atoms with Crippen LogP contribution in [0.3, 0.4) is 0 Å². The zero-order valence-corrected chi connectivity index (χ0v) is 16.1. The van der Waals surface area contributed by atoms with Crippen molar-refractivity contribution in [3.63, 3.8) is 0 Å². The third-order valence-corrected chi connectivity index (χ3v) is 5.72. The number of nitrogens with one attached hydrogen (secondary N) is 1. The lowest BCUT2D eigenvalue weighted by Gasteiger charge is -2.08. The van der Waals surface area contributed by atoms with Crippen LogP contribution in [0.15, 0.2) is 42.5 Å². The summed E-state index contributed by atoms with van der Waals surface area (Å²) >= 11 is 0. The molecule has 0 radical (unpaired) electrons. The molecular formula is C22H17F4N3O2. The smallest absolute Gasteiger partial charge is 0.387 e. The van der Waals surface area contributed by atoms with Crippen LogP contribution in [-0.2, 0) is 13.0 Å². The predicted molar refractivity (Wildman–Crippen MR) is 102 cm³/mol. The second-order valence-corrected chi connectivity index (χ2v) is 7.73. The monoisotopic (exact) mass is 431 g/mol. The standard InChI is InChI=1S/C22H17F4N3O2/c23-13-3-6-18(17(24)9-13)29-20-15-7-12(15)8-16(20)19(28-29)21(30)27-10-11-1-4-14(5-2-11)31-22(25)26/h1-6,9,12,15,22H,7-8,10H2,(H,27,30)/t12-,15-/m1/s1. The topological polar surface area (TPSA) is 56.1 Å². The van der Waals surface area contributed by atoms with E-state index in [1.54, 1.807) is 12.1 Å². The summed E-state index contributed by atoms with van der Waals surface area (Å²) < 4.78 is 57.9. The molecule has 0 bridgehead atoms. The minimum absolute atomic E-state index is 0.0298. The van der Waals surface area contributed by atoms with Crippen molar-refractivity contribution in [2.75, 3.05) is 0 Å². The second-order valence-electron chi connectivity index (χ2n) is 7.73. The lowest BCUT2D eigenvalue weighted by molar-refractivity contribution is -0.0498. The zero-order valence-electron chi connectivity index (χ0n) is 16.1. The number of fused-ring (bicyclic) bond motifs is 3. The van der Waals surface area contributed by atoms with Gasteiger partial charge in [-0.05, 0) is 48.6 Å². The van der Waals surface area contributed by atoms with Crippen molar-refractivity contribution >= 4 is 5.91 Å². The Hall–Kier alpha value is -3.36. The molecule has 1 heterocycles. The summed E-state index contributed by atoms with van der Waals surface area (Å²) in [5.41, 5.74) is 2.64. The van der Waals surface area contributed by atoms with Crippen LogP contribution in [0.4, 0.5) is 17.6 Å². The number of hydrogen-bond acceptors (Lipinski definition) is 3. The van der Waals surface area contributed by atoms with Crippen molar-refractivity contribution in [1.82, 2.24) is 15.1 Å². The third-order valence-electron chi connectivity index (χ3n) is 5.72. The van der Waals surface area contributed by atoms with Gasteiger partial charge < -0.3 is 10.1 Å². The van der Waals surface area contributed by atoms with Crippen molar-refractivity contribution in [3.8, 4) is 11.4 Å². The van der Waals surface area contributed by atoms with Crippen molar-refractivity contribution in [3.05, 3.63) is 76.6 Å². The highest BCUT2D eigenvalue weighted by Gasteiger charge is 2.50. The van der Waals surface area contributed by atoms with Gasteiger partial charge in [-0.3, -0.25) is 4.79 Å². The first kappa shape index (κ1) is 19.6. The number of benzene rings is 2. The second kappa shape index (κ2) is 7.40. The summed E-state index contributed by atoms with van der Waals surface area (Å²) in [5, 5.41) is 7.13. The molecule has 31 heavy (non-hydrogen) atoms. The van der Waals surface area contributed by atoms with Gasteiger partial charge in [-0.15, -0.1) is 0 Å². The van der Waals surface area contributed by atoms with Gasteiger partial charge in [0, 0.05) is 24.1 Å². The van der Waals surface area contributed by atoms with Crippen LogP contribution in [0.1, 0.15) is 39.6 Å². The van der Waals surface area contributed by atoms with Crippen LogP contribution < -0.4 is 10.1 Å².